The summed E-state index contributed by atoms with van der Waals surface area (Å²) in [6.45, 7) is 6.34. The van der Waals surface area contributed by atoms with Crippen LogP contribution in [-0.2, 0) is 4.74 Å². The number of nitrogens with one attached hydrogen (secondary N) is 2. The molecular formula is C14H25N3O. The van der Waals surface area contributed by atoms with E-state index in [1.54, 1.807) is 0 Å². The van der Waals surface area contributed by atoms with Gasteiger partial charge in [0.15, 0.2) is 0 Å². The van der Waals surface area contributed by atoms with Crippen molar-refractivity contribution in [3.63, 3.8) is 0 Å². The molecule has 18 heavy (non-hydrogen) atoms. The predicted molar refractivity (Wildman–Crippen MR) is 74.0 cm³/mol. The molecule has 1 heterocycles. The SMILES string of the molecule is CCN1C[C@H]2CC[C@@H](C1)[C@H]2OC/C(C=N)=C/NC. The van der Waals surface area contributed by atoms with Crippen LogP contribution >= 0.6 is 0 Å². The highest BCUT2D eigenvalue weighted by molar-refractivity contribution is 5.75. The number of hydrogen-bond acceptors (Lipinski definition) is 4. The van der Waals surface area contributed by atoms with E-state index in [1.165, 1.54) is 32.1 Å². The fourth-order valence-corrected chi connectivity index (χ4v) is 3.30. The molecule has 0 spiro atoms. The summed E-state index contributed by atoms with van der Waals surface area (Å²) < 4.78 is 6.08. The lowest BCUT2D eigenvalue weighted by molar-refractivity contribution is -0.0309. The van der Waals surface area contributed by atoms with Gasteiger partial charge in [-0.2, -0.15) is 0 Å². The molecule has 2 bridgehead atoms. The molecule has 0 aromatic rings. The van der Waals surface area contributed by atoms with Gasteiger partial charge in [-0.3, -0.25) is 0 Å². The van der Waals surface area contributed by atoms with Crippen molar-refractivity contribution < 1.29 is 4.74 Å². The summed E-state index contributed by atoms with van der Waals surface area (Å²) in [5, 5.41) is 10.3. The maximum Gasteiger partial charge on any atom is 0.0749 e. The van der Waals surface area contributed by atoms with Crippen molar-refractivity contribution in [3.05, 3.63) is 11.8 Å². The summed E-state index contributed by atoms with van der Waals surface area (Å²) in [4.78, 5) is 2.54. The lowest BCUT2D eigenvalue weighted by Gasteiger charge is -2.37. The zero-order chi connectivity index (χ0) is 13.0. The molecule has 1 saturated carbocycles. The average molecular weight is 251 g/mol. The monoisotopic (exact) mass is 251 g/mol. The first-order valence-corrected chi connectivity index (χ1v) is 6.99. The molecule has 0 amide bonds. The van der Waals surface area contributed by atoms with Gasteiger partial charge in [0.25, 0.3) is 0 Å². The molecule has 2 fully saturated rings. The van der Waals surface area contributed by atoms with Crippen LogP contribution in [0.15, 0.2) is 11.8 Å². The van der Waals surface area contributed by atoms with E-state index in [2.05, 4.69) is 17.1 Å². The third kappa shape index (κ3) is 2.93. The Morgan fingerprint density at radius 3 is 2.56 bits per heavy atom. The van der Waals surface area contributed by atoms with Crippen molar-refractivity contribution in [2.45, 2.75) is 25.9 Å². The van der Waals surface area contributed by atoms with Crippen LogP contribution in [0.5, 0.6) is 0 Å². The van der Waals surface area contributed by atoms with E-state index < -0.39 is 0 Å². The van der Waals surface area contributed by atoms with E-state index in [0.29, 0.717) is 24.5 Å². The topological polar surface area (TPSA) is 48.4 Å². The molecule has 102 valence electrons. The Morgan fingerprint density at radius 1 is 1.39 bits per heavy atom. The Labute approximate surface area is 110 Å². The molecule has 3 atom stereocenters. The molecule has 0 aromatic heterocycles. The van der Waals surface area contributed by atoms with Gasteiger partial charge in [0.2, 0.25) is 0 Å². The van der Waals surface area contributed by atoms with Crippen LogP contribution < -0.4 is 5.32 Å². The van der Waals surface area contributed by atoms with Crippen LogP contribution in [0.25, 0.3) is 0 Å². The molecule has 4 nitrogen and oxygen atoms in total. The van der Waals surface area contributed by atoms with Gasteiger partial charge in [-0.15, -0.1) is 0 Å². The van der Waals surface area contributed by atoms with Crippen LogP contribution in [0.3, 0.4) is 0 Å². The van der Waals surface area contributed by atoms with E-state index in [-0.39, 0.29) is 0 Å². The van der Waals surface area contributed by atoms with Crippen molar-refractivity contribution >= 4 is 6.21 Å². The van der Waals surface area contributed by atoms with E-state index in [1.807, 2.05) is 13.2 Å². The van der Waals surface area contributed by atoms with Gasteiger partial charge >= 0.3 is 0 Å². The third-order valence-corrected chi connectivity index (χ3v) is 4.23. The molecule has 2 N–H and O–H groups in total. The van der Waals surface area contributed by atoms with E-state index in [9.17, 15) is 0 Å². The van der Waals surface area contributed by atoms with Gasteiger partial charge in [-0.25, -0.2) is 0 Å². The van der Waals surface area contributed by atoms with Crippen LogP contribution in [0.2, 0.25) is 0 Å². The minimum atomic E-state index is 0.410. The highest BCUT2D eigenvalue weighted by atomic mass is 16.5. The zero-order valence-electron chi connectivity index (χ0n) is 11.5. The fourth-order valence-electron chi connectivity index (χ4n) is 3.30. The normalized spacial score (nSPS) is 32.6. The standard InChI is InChI=1S/C14H25N3O/c1-3-17-8-12-4-5-13(9-17)14(12)18-10-11(6-15)7-16-2/h6-7,12-16H,3-5,8-10H2,1-2H3/b11-7+,15-6?/t12-,13+,14+. The molecule has 4 heteroatoms. The Hall–Kier alpha value is -0.870. The summed E-state index contributed by atoms with van der Waals surface area (Å²) in [6.07, 6.45) is 6.24. The van der Waals surface area contributed by atoms with E-state index >= 15 is 0 Å². The number of rotatable bonds is 6. The summed E-state index contributed by atoms with van der Waals surface area (Å²) in [6, 6.07) is 0. The zero-order valence-corrected chi connectivity index (χ0v) is 11.5. The second kappa shape index (κ2) is 6.34. The Balaban J connectivity index is 1.88. The molecule has 0 aromatic carbocycles. The summed E-state index contributed by atoms with van der Waals surface area (Å²) in [5.74, 6) is 1.40. The summed E-state index contributed by atoms with van der Waals surface area (Å²) in [5.41, 5.74) is 0.912. The number of ether oxygens (including phenoxy) is 1. The molecule has 2 aliphatic rings. The van der Waals surface area contributed by atoms with Crippen molar-refractivity contribution in [2.75, 3.05) is 33.3 Å². The number of likely N-dealkylation sites (tertiary alicyclic amines) is 1. The second-order valence-electron chi connectivity index (χ2n) is 5.38. The van der Waals surface area contributed by atoms with Crippen molar-refractivity contribution in [3.8, 4) is 0 Å². The average Bonchev–Trinajstić information content (AvgIpc) is 2.63. The largest absolute Gasteiger partial charge is 0.394 e. The van der Waals surface area contributed by atoms with Gasteiger partial charge in [-0.1, -0.05) is 6.92 Å². The molecular weight excluding hydrogens is 226 g/mol. The highest BCUT2D eigenvalue weighted by Crippen LogP contribution is 2.38. The summed E-state index contributed by atoms with van der Waals surface area (Å²) >= 11 is 0. The Morgan fingerprint density at radius 2 is 2.06 bits per heavy atom. The lowest BCUT2D eigenvalue weighted by atomic mass is 9.95. The Kier molecular flexibility index (Phi) is 4.78. The molecule has 0 unspecified atom stereocenters. The third-order valence-electron chi connectivity index (χ3n) is 4.23. The van der Waals surface area contributed by atoms with Crippen LogP contribution in [-0.4, -0.2) is 50.5 Å². The maximum absolute atomic E-state index is 7.34. The molecule has 1 aliphatic heterocycles. The smallest absolute Gasteiger partial charge is 0.0749 e. The van der Waals surface area contributed by atoms with Crippen LogP contribution in [0.1, 0.15) is 19.8 Å². The van der Waals surface area contributed by atoms with Crippen molar-refractivity contribution in [2.24, 2.45) is 11.8 Å². The maximum atomic E-state index is 7.34. The van der Waals surface area contributed by atoms with E-state index in [4.69, 9.17) is 10.1 Å². The molecule has 1 aliphatic carbocycles. The predicted octanol–water partition coefficient (Wildman–Crippen LogP) is 1.49. The van der Waals surface area contributed by atoms with Gasteiger partial charge in [0, 0.05) is 38.1 Å². The van der Waals surface area contributed by atoms with Crippen molar-refractivity contribution in [1.82, 2.24) is 10.2 Å². The second-order valence-corrected chi connectivity index (χ2v) is 5.38. The lowest BCUT2D eigenvalue weighted by Crippen LogP contribution is -2.45. The quantitative estimate of drug-likeness (QED) is 0.703. The number of hydrogen-bond donors (Lipinski definition) is 2. The van der Waals surface area contributed by atoms with Gasteiger partial charge in [-0.05, 0) is 31.2 Å². The first kappa shape index (κ1) is 13.6. The highest BCUT2D eigenvalue weighted by Gasteiger charge is 2.42. The number of nitrogens with zero attached hydrogens (tertiary/aromatic N) is 1. The van der Waals surface area contributed by atoms with Gasteiger partial charge in [0.1, 0.15) is 0 Å². The molecule has 2 rings (SSSR count). The molecule has 1 saturated heterocycles. The van der Waals surface area contributed by atoms with Crippen LogP contribution in [0, 0.1) is 17.2 Å². The van der Waals surface area contributed by atoms with Crippen LogP contribution in [0.4, 0.5) is 0 Å². The minimum Gasteiger partial charge on any atom is -0.394 e. The molecule has 0 radical (unpaired) electrons. The van der Waals surface area contributed by atoms with Gasteiger partial charge in [0.05, 0.1) is 12.7 Å². The Bertz CT molecular complexity index is 302. The first-order chi connectivity index (χ1) is 8.78. The summed E-state index contributed by atoms with van der Waals surface area (Å²) in [7, 11) is 1.85. The number of fused-ring (bicyclic) bond motifs is 2. The minimum absolute atomic E-state index is 0.410. The first-order valence-electron chi connectivity index (χ1n) is 6.99. The number of piperidine rings is 1. The van der Waals surface area contributed by atoms with Gasteiger partial charge < -0.3 is 20.4 Å². The van der Waals surface area contributed by atoms with E-state index in [0.717, 1.165) is 12.1 Å². The van der Waals surface area contributed by atoms with Crippen molar-refractivity contribution in [1.29, 1.82) is 5.41 Å². The fraction of sp³-hybridized carbons (Fsp3) is 0.786.